The summed E-state index contributed by atoms with van der Waals surface area (Å²) in [7, 11) is 0. The molecule has 0 spiro atoms. The van der Waals surface area contributed by atoms with Crippen LogP contribution in [0.5, 0.6) is 0 Å². The second-order valence-electron chi connectivity index (χ2n) is 27.2. The number of rotatable bonds is 8. The van der Waals surface area contributed by atoms with Gasteiger partial charge in [-0.3, -0.25) is 9.55 Å². The van der Waals surface area contributed by atoms with Gasteiger partial charge >= 0.3 is 0 Å². The summed E-state index contributed by atoms with van der Waals surface area (Å²) in [6, 6.07) is 121. The van der Waals surface area contributed by atoms with Gasteiger partial charge in [0.25, 0.3) is 0 Å². The van der Waals surface area contributed by atoms with Crippen LogP contribution in [-0.4, -0.2) is 19.5 Å². The number of benzene rings is 17. The first kappa shape index (κ1) is 57.1. The Bertz CT molecular complexity index is 7240. The largest absolute Gasteiger partial charge is 0.456 e. The summed E-state index contributed by atoms with van der Waals surface area (Å²) in [5, 5.41) is 20.6. The van der Waals surface area contributed by atoms with Crippen molar-refractivity contribution in [2.75, 3.05) is 0 Å². The fraction of sp³-hybridized carbons (Fsp3) is 0. The van der Waals surface area contributed by atoms with E-state index < -0.39 is 0 Å². The van der Waals surface area contributed by atoms with Gasteiger partial charge in [-0.25, -0.2) is 9.97 Å². The van der Waals surface area contributed by atoms with E-state index in [1.165, 1.54) is 76.1 Å². The lowest BCUT2D eigenvalue weighted by molar-refractivity contribution is 0.669. The van der Waals surface area contributed by atoms with Crippen LogP contribution in [0.25, 0.3) is 225 Å². The van der Waals surface area contributed by atoms with Crippen molar-refractivity contribution < 1.29 is 8.83 Å². The Morgan fingerprint density at radius 3 is 1.32 bits per heavy atom. The standard InChI is InChI=1S/C97H56N4O2/c1-3-18-60(19-4-1)97-100-85-54-66(40-45-86(85)101(97)67-23-5-2-6-24-67)94-76-31-15-13-29-74(76)93(75-30-14-16-32-77(75)94)65-42-47-88-81(53-65)83-51-63-22-17-33-68(79(63)56-90(83)103-88)69-48-49-98-96-78(69)43-38-59-39-44-84(99-95(59)96)57-34-36-58(37-35-57)91-70-25-9-11-27-72(70)92(73-28-12-10-26-71(73)91)64-41-46-87-80(52-64)82-50-61-20-7-8-21-62(61)55-89(82)102-87/h1-56H. The van der Waals surface area contributed by atoms with Gasteiger partial charge in [-0.1, -0.05) is 249 Å². The maximum atomic E-state index is 6.88. The van der Waals surface area contributed by atoms with Crippen molar-refractivity contribution in [3.05, 3.63) is 340 Å². The molecule has 0 unspecified atom stereocenters. The first-order chi connectivity index (χ1) is 51.0. The average Bonchev–Trinajstić information content (AvgIpc) is 1.62. The minimum atomic E-state index is 0.837. The summed E-state index contributed by atoms with van der Waals surface area (Å²) < 4.78 is 15.6. The van der Waals surface area contributed by atoms with Crippen molar-refractivity contribution in [1.29, 1.82) is 0 Å². The molecule has 0 radical (unpaired) electrons. The van der Waals surface area contributed by atoms with Crippen LogP contribution in [0.2, 0.25) is 0 Å². The van der Waals surface area contributed by atoms with E-state index in [-0.39, 0.29) is 0 Å². The lowest BCUT2D eigenvalue weighted by atomic mass is 9.85. The molecule has 476 valence electrons. The van der Waals surface area contributed by atoms with Gasteiger partial charge in [0.2, 0.25) is 0 Å². The number of para-hydroxylation sites is 1. The van der Waals surface area contributed by atoms with E-state index >= 15 is 0 Å². The van der Waals surface area contributed by atoms with Crippen LogP contribution in [-0.2, 0) is 0 Å². The maximum absolute atomic E-state index is 6.88. The Kier molecular flexibility index (Phi) is 12.4. The van der Waals surface area contributed by atoms with E-state index in [2.05, 4.69) is 338 Å². The molecule has 6 heteroatoms. The molecule has 0 fully saturated rings. The first-order valence-electron chi connectivity index (χ1n) is 35.1. The van der Waals surface area contributed by atoms with Crippen LogP contribution in [0.3, 0.4) is 0 Å². The zero-order valence-corrected chi connectivity index (χ0v) is 55.4. The van der Waals surface area contributed by atoms with Crippen LogP contribution in [0, 0.1) is 0 Å². The van der Waals surface area contributed by atoms with Crippen LogP contribution in [0.15, 0.2) is 349 Å². The molecular formula is C97H56N4O2. The fourth-order valence-electron chi connectivity index (χ4n) is 16.9. The van der Waals surface area contributed by atoms with E-state index in [9.17, 15) is 0 Å². The van der Waals surface area contributed by atoms with Crippen LogP contribution < -0.4 is 0 Å². The molecule has 0 saturated carbocycles. The predicted octanol–water partition coefficient (Wildman–Crippen LogP) is 26.5. The molecule has 0 saturated heterocycles. The SMILES string of the molecule is c1ccc(-c2nc3cc(-c4c5ccccc5c(-c5ccc6oc7cc8c(-c9ccnc%10c9ccc9ccc(-c%11ccc(-c%12c%13ccccc%13c(-c%13ccc%14oc%15cc%16ccccc%16cc%15c%14c%13)c%13ccccc%12%13)cc%11)nc9%10)cccc8cc7c6c5)c5ccccc45)ccc3n2-c2ccccc2)cc1. The van der Waals surface area contributed by atoms with Gasteiger partial charge in [-0.2, -0.15) is 0 Å². The van der Waals surface area contributed by atoms with Gasteiger partial charge in [0.15, 0.2) is 0 Å². The monoisotopic (exact) mass is 1310 g/mol. The van der Waals surface area contributed by atoms with Gasteiger partial charge in [-0.05, 0) is 205 Å². The summed E-state index contributed by atoms with van der Waals surface area (Å²) in [5.74, 6) is 0.912. The van der Waals surface area contributed by atoms with Gasteiger partial charge in [-0.15, -0.1) is 0 Å². The molecule has 5 heterocycles. The van der Waals surface area contributed by atoms with Crippen molar-refractivity contribution in [2.45, 2.75) is 0 Å². The van der Waals surface area contributed by atoms with Gasteiger partial charge in [0.05, 0.1) is 27.8 Å². The summed E-state index contributed by atoms with van der Waals surface area (Å²) in [6.45, 7) is 0. The van der Waals surface area contributed by atoms with Gasteiger partial charge < -0.3 is 8.83 Å². The topological polar surface area (TPSA) is 69.9 Å². The predicted molar refractivity (Wildman–Crippen MR) is 429 cm³/mol. The Morgan fingerprint density at radius 2 is 0.709 bits per heavy atom. The molecule has 0 bridgehead atoms. The lowest BCUT2D eigenvalue weighted by Crippen LogP contribution is -1.97. The third kappa shape index (κ3) is 8.84. The van der Waals surface area contributed by atoms with Crippen molar-refractivity contribution in [3.63, 3.8) is 0 Å². The molecule has 0 aliphatic carbocycles. The zero-order chi connectivity index (χ0) is 67.4. The van der Waals surface area contributed by atoms with Crippen molar-refractivity contribution in [2.24, 2.45) is 0 Å². The molecule has 0 N–H and O–H groups in total. The minimum Gasteiger partial charge on any atom is -0.456 e. The molecule has 0 atom stereocenters. The molecule has 0 aliphatic rings. The summed E-state index contributed by atoms with van der Waals surface area (Å²) >= 11 is 0. The normalized spacial score (nSPS) is 12.1. The summed E-state index contributed by atoms with van der Waals surface area (Å²) in [4.78, 5) is 15.9. The minimum absolute atomic E-state index is 0.837. The first-order valence-corrected chi connectivity index (χ1v) is 35.1. The van der Waals surface area contributed by atoms with Crippen molar-refractivity contribution in [3.8, 4) is 84.0 Å². The molecule has 22 aromatic rings. The Balaban J connectivity index is 0.611. The highest BCUT2D eigenvalue weighted by Crippen LogP contribution is 2.49. The highest BCUT2D eigenvalue weighted by Gasteiger charge is 2.24. The van der Waals surface area contributed by atoms with Crippen molar-refractivity contribution in [1.82, 2.24) is 19.5 Å². The number of nitrogens with zero attached hydrogens (tertiary/aromatic N) is 4. The number of aromatic nitrogens is 4. The highest BCUT2D eigenvalue weighted by molar-refractivity contribution is 6.25. The average molecular weight is 1310 g/mol. The third-order valence-corrected chi connectivity index (χ3v) is 21.6. The van der Waals surface area contributed by atoms with E-state index in [0.717, 1.165) is 149 Å². The molecule has 6 nitrogen and oxygen atoms in total. The Labute approximate surface area is 589 Å². The second kappa shape index (κ2) is 22.4. The third-order valence-electron chi connectivity index (χ3n) is 21.6. The fourth-order valence-corrected chi connectivity index (χ4v) is 16.9. The highest BCUT2D eigenvalue weighted by atomic mass is 16.3. The second-order valence-corrected chi connectivity index (χ2v) is 27.2. The number of imidazole rings is 1. The number of fused-ring (bicyclic) bond motifs is 16. The zero-order valence-electron chi connectivity index (χ0n) is 55.4. The van der Waals surface area contributed by atoms with Crippen LogP contribution >= 0.6 is 0 Å². The summed E-state index contributed by atoms with van der Waals surface area (Å²) in [5.41, 5.74) is 22.8. The molecule has 17 aromatic carbocycles. The molecule has 22 rings (SSSR count). The molecule has 0 aliphatic heterocycles. The quantitative estimate of drug-likeness (QED) is 0.112. The van der Waals surface area contributed by atoms with Crippen LogP contribution in [0.4, 0.5) is 0 Å². The van der Waals surface area contributed by atoms with Gasteiger partial charge in [0, 0.05) is 55.3 Å². The molecular weight excluding hydrogens is 1250 g/mol. The molecule has 5 aromatic heterocycles. The van der Waals surface area contributed by atoms with Crippen molar-refractivity contribution >= 4 is 141 Å². The number of pyridine rings is 2. The number of hydrogen-bond donors (Lipinski definition) is 0. The molecule has 0 amide bonds. The van der Waals surface area contributed by atoms with E-state index in [4.69, 9.17) is 23.8 Å². The summed E-state index contributed by atoms with van der Waals surface area (Å²) in [6.07, 6.45) is 1.93. The van der Waals surface area contributed by atoms with Crippen LogP contribution in [0.1, 0.15) is 0 Å². The van der Waals surface area contributed by atoms with E-state index in [1.807, 2.05) is 6.20 Å². The lowest BCUT2D eigenvalue weighted by Gasteiger charge is -2.18. The molecule has 103 heavy (non-hydrogen) atoms. The van der Waals surface area contributed by atoms with Gasteiger partial charge in [0.1, 0.15) is 28.2 Å². The smallest absolute Gasteiger partial charge is 0.145 e. The van der Waals surface area contributed by atoms with E-state index in [0.29, 0.717) is 0 Å². The number of hydrogen-bond acceptors (Lipinski definition) is 5. The maximum Gasteiger partial charge on any atom is 0.145 e. The Hall–Kier alpha value is -13.8. The number of furan rings is 2. The Morgan fingerprint density at radius 1 is 0.243 bits per heavy atom. The van der Waals surface area contributed by atoms with E-state index in [1.54, 1.807) is 0 Å².